The molecule has 0 spiro atoms. The Morgan fingerprint density at radius 3 is 0.821 bits per heavy atom. The van der Waals surface area contributed by atoms with Gasteiger partial charge in [-0.15, -0.1) is 0 Å². The lowest BCUT2D eigenvalue weighted by atomic mass is 10.0. The number of rotatable bonds is 6. The minimum atomic E-state index is -0.842. The molecule has 39 heavy (non-hydrogen) atoms. The van der Waals surface area contributed by atoms with Crippen LogP contribution in [-0.4, -0.2) is 62.6 Å². The third-order valence-electron chi connectivity index (χ3n) is 4.41. The molecule has 0 aliphatic heterocycles. The summed E-state index contributed by atoms with van der Waals surface area (Å²) in [6.07, 6.45) is 0. The van der Waals surface area contributed by atoms with Gasteiger partial charge in [0.1, 0.15) is 0 Å². The van der Waals surface area contributed by atoms with Crippen molar-refractivity contribution in [1.29, 1.82) is 0 Å². The number of hydrogen-bond donors (Lipinski definition) is 9. The molecule has 198 valence electrons. The number of amides is 3. The number of anilines is 9. The molecular weight excluding hydrogens is 516 g/mol. The SMILES string of the molecule is Nc1nc(N)nc(NC(=O)c2cc(C(=O)Nc3nc(N)nc(N)n3)cc(C(=O)Nc3nc(N)nc(N)n3)c2)n1. The second-order valence-corrected chi connectivity index (χ2v) is 7.29. The molecule has 4 rings (SSSR count). The van der Waals surface area contributed by atoms with Crippen LogP contribution < -0.4 is 50.4 Å². The van der Waals surface area contributed by atoms with Crippen LogP contribution >= 0.6 is 0 Å². The fraction of sp³-hybridized carbons (Fsp3) is 0. The van der Waals surface area contributed by atoms with Gasteiger partial charge in [-0.25, -0.2) is 0 Å². The molecule has 21 nitrogen and oxygen atoms in total. The van der Waals surface area contributed by atoms with E-state index in [1.54, 1.807) is 0 Å². The van der Waals surface area contributed by atoms with Gasteiger partial charge in [-0.2, -0.15) is 44.9 Å². The fourth-order valence-electron chi connectivity index (χ4n) is 2.94. The Morgan fingerprint density at radius 1 is 0.410 bits per heavy atom. The maximum Gasteiger partial charge on any atom is 0.258 e. The van der Waals surface area contributed by atoms with Crippen molar-refractivity contribution >= 4 is 71.3 Å². The number of aromatic nitrogens is 9. The lowest BCUT2D eigenvalue weighted by Gasteiger charge is -2.11. The smallest absolute Gasteiger partial charge is 0.258 e. The first-order valence-corrected chi connectivity index (χ1v) is 10.4. The van der Waals surface area contributed by atoms with Crippen molar-refractivity contribution < 1.29 is 14.4 Å². The normalized spacial score (nSPS) is 10.5. The lowest BCUT2D eigenvalue weighted by Crippen LogP contribution is -2.22. The third-order valence-corrected chi connectivity index (χ3v) is 4.41. The number of nitrogens with one attached hydrogen (secondary N) is 3. The summed E-state index contributed by atoms with van der Waals surface area (Å²) in [5, 5.41) is 7.03. The second kappa shape index (κ2) is 10.2. The standard InChI is InChI=1S/C18H18N18O3/c19-10-28-11(20)32-16(31-10)25-7(37)4-1-5(8(38)26-17-33-12(21)29-13(22)34-17)3-6(2-4)9(39)27-18-35-14(23)30-15(24)36-18/h1-3H,(H5,19,20,25,28,31,32,37)(H5,21,22,26,29,33,34,38)(H5,23,24,27,30,35,36,39). The predicted molar refractivity (Wildman–Crippen MR) is 136 cm³/mol. The number of hydrogen-bond acceptors (Lipinski definition) is 18. The highest BCUT2D eigenvalue weighted by atomic mass is 16.2. The molecular formula is C18H18N18O3. The third kappa shape index (κ3) is 6.37. The maximum absolute atomic E-state index is 13.0. The molecule has 0 unspecified atom stereocenters. The summed E-state index contributed by atoms with van der Waals surface area (Å²) in [6, 6.07) is 3.46. The number of nitrogens with zero attached hydrogens (tertiary/aromatic N) is 9. The Kier molecular flexibility index (Phi) is 6.69. The van der Waals surface area contributed by atoms with E-state index in [-0.39, 0.29) is 70.2 Å². The predicted octanol–water partition coefficient (Wildman–Crippen LogP) is -2.51. The van der Waals surface area contributed by atoms with Gasteiger partial charge in [0.05, 0.1) is 0 Å². The van der Waals surface area contributed by atoms with Gasteiger partial charge >= 0.3 is 0 Å². The van der Waals surface area contributed by atoms with Gasteiger partial charge in [-0.1, -0.05) is 0 Å². The zero-order valence-electron chi connectivity index (χ0n) is 19.4. The molecule has 3 heterocycles. The molecule has 15 N–H and O–H groups in total. The minimum Gasteiger partial charge on any atom is -0.368 e. The summed E-state index contributed by atoms with van der Waals surface area (Å²) in [5.41, 5.74) is 32.6. The van der Waals surface area contributed by atoms with Crippen molar-refractivity contribution in [3.05, 3.63) is 34.9 Å². The average molecular weight is 534 g/mol. The summed E-state index contributed by atoms with van der Waals surface area (Å²) in [5.74, 6) is -4.88. The summed E-state index contributed by atoms with van der Waals surface area (Å²) in [4.78, 5) is 72.3. The minimum absolute atomic E-state index is 0.185. The van der Waals surface area contributed by atoms with E-state index in [9.17, 15) is 14.4 Å². The molecule has 0 radical (unpaired) electrons. The Bertz CT molecular complexity index is 1360. The molecule has 0 fully saturated rings. The van der Waals surface area contributed by atoms with Crippen LogP contribution in [0.25, 0.3) is 0 Å². The number of carbonyl (C=O) groups is 3. The highest BCUT2D eigenvalue weighted by Gasteiger charge is 2.20. The number of carbonyl (C=O) groups excluding carboxylic acids is 3. The van der Waals surface area contributed by atoms with Gasteiger partial charge in [0.15, 0.2) is 0 Å². The van der Waals surface area contributed by atoms with Crippen LogP contribution in [0, 0.1) is 0 Å². The second-order valence-electron chi connectivity index (χ2n) is 7.29. The molecule has 0 aliphatic carbocycles. The molecule has 0 bridgehead atoms. The van der Waals surface area contributed by atoms with E-state index in [2.05, 4.69) is 60.8 Å². The van der Waals surface area contributed by atoms with Crippen molar-refractivity contribution in [2.75, 3.05) is 50.4 Å². The first-order valence-electron chi connectivity index (χ1n) is 10.4. The molecule has 0 saturated heterocycles. The summed E-state index contributed by atoms with van der Waals surface area (Å²) < 4.78 is 0. The van der Waals surface area contributed by atoms with E-state index in [0.717, 1.165) is 18.2 Å². The van der Waals surface area contributed by atoms with E-state index in [1.165, 1.54) is 0 Å². The first-order chi connectivity index (χ1) is 18.4. The van der Waals surface area contributed by atoms with Crippen molar-refractivity contribution in [1.82, 2.24) is 44.9 Å². The van der Waals surface area contributed by atoms with Crippen LogP contribution in [0.1, 0.15) is 31.1 Å². The lowest BCUT2D eigenvalue weighted by molar-refractivity contribution is 0.102. The number of benzene rings is 1. The Labute approximate surface area is 216 Å². The van der Waals surface area contributed by atoms with Crippen LogP contribution in [0.5, 0.6) is 0 Å². The van der Waals surface area contributed by atoms with Crippen molar-refractivity contribution in [3.8, 4) is 0 Å². The van der Waals surface area contributed by atoms with Gasteiger partial charge in [-0.05, 0) is 18.2 Å². The zero-order valence-corrected chi connectivity index (χ0v) is 19.4. The van der Waals surface area contributed by atoms with Gasteiger partial charge in [0, 0.05) is 16.7 Å². The van der Waals surface area contributed by atoms with Crippen LogP contribution in [-0.2, 0) is 0 Å². The highest BCUT2D eigenvalue weighted by Crippen LogP contribution is 2.16. The van der Waals surface area contributed by atoms with E-state index in [0.29, 0.717) is 0 Å². The molecule has 3 aromatic heterocycles. The van der Waals surface area contributed by atoms with Gasteiger partial charge in [-0.3, -0.25) is 30.3 Å². The van der Waals surface area contributed by atoms with Gasteiger partial charge in [0.25, 0.3) is 17.7 Å². The first kappa shape index (κ1) is 25.5. The Balaban J connectivity index is 1.69. The van der Waals surface area contributed by atoms with Gasteiger partial charge < -0.3 is 34.4 Å². The summed E-state index contributed by atoms with van der Waals surface area (Å²) >= 11 is 0. The molecule has 0 atom stereocenters. The quantitative estimate of drug-likeness (QED) is 0.123. The van der Waals surface area contributed by atoms with E-state index in [1.807, 2.05) is 0 Å². The monoisotopic (exact) mass is 534 g/mol. The van der Waals surface area contributed by atoms with Crippen molar-refractivity contribution in [3.63, 3.8) is 0 Å². The Hall–Kier alpha value is -6.54. The molecule has 3 amide bonds. The average Bonchev–Trinajstić information content (AvgIpc) is 2.81. The fourth-order valence-corrected chi connectivity index (χ4v) is 2.94. The van der Waals surface area contributed by atoms with Crippen LogP contribution in [0.15, 0.2) is 18.2 Å². The van der Waals surface area contributed by atoms with Crippen molar-refractivity contribution in [2.45, 2.75) is 0 Å². The van der Waals surface area contributed by atoms with E-state index < -0.39 is 17.7 Å². The molecule has 1 aromatic carbocycles. The van der Waals surface area contributed by atoms with Crippen LogP contribution in [0.3, 0.4) is 0 Å². The van der Waals surface area contributed by atoms with Crippen LogP contribution in [0.2, 0.25) is 0 Å². The molecule has 4 aromatic rings. The summed E-state index contributed by atoms with van der Waals surface area (Å²) in [7, 11) is 0. The molecule has 21 heteroatoms. The molecule has 0 saturated carbocycles. The van der Waals surface area contributed by atoms with Gasteiger partial charge in [0.2, 0.25) is 53.5 Å². The van der Waals surface area contributed by atoms with Crippen molar-refractivity contribution in [2.24, 2.45) is 0 Å². The largest absolute Gasteiger partial charge is 0.368 e. The van der Waals surface area contributed by atoms with E-state index >= 15 is 0 Å². The number of nitrogen functional groups attached to an aromatic ring is 6. The van der Waals surface area contributed by atoms with Crippen LogP contribution in [0.4, 0.5) is 53.5 Å². The number of nitrogens with two attached hydrogens (primary N) is 6. The molecule has 0 aliphatic rings. The topological polar surface area (TPSA) is 359 Å². The summed E-state index contributed by atoms with van der Waals surface area (Å²) in [6.45, 7) is 0. The highest BCUT2D eigenvalue weighted by molar-refractivity contribution is 6.12. The zero-order chi connectivity index (χ0) is 28.3. The maximum atomic E-state index is 13.0. The Morgan fingerprint density at radius 2 is 0.615 bits per heavy atom. The van der Waals surface area contributed by atoms with E-state index in [4.69, 9.17) is 34.4 Å².